The Morgan fingerprint density at radius 1 is 1.20 bits per heavy atom. The smallest absolute Gasteiger partial charge is 0.410 e. The number of hydrogen-bond donors (Lipinski definition) is 1. The zero-order chi connectivity index (χ0) is 18.6. The molecule has 3 fully saturated rings. The second kappa shape index (κ2) is 6.14. The average molecular weight is 351 g/mol. The van der Waals surface area contributed by atoms with Crippen molar-refractivity contribution in [3.8, 4) is 0 Å². The van der Waals surface area contributed by atoms with Crippen LogP contribution in [0.4, 0.5) is 4.79 Å². The third-order valence-electron chi connectivity index (χ3n) is 7.18. The Labute approximate surface area is 154 Å². The molecular weight excluding hydrogens is 312 g/mol. The molecule has 3 unspecified atom stereocenters. The summed E-state index contributed by atoms with van der Waals surface area (Å²) < 4.78 is 5.57. The average Bonchev–Trinajstić information content (AvgIpc) is 2.93. The Morgan fingerprint density at radius 2 is 1.88 bits per heavy atom. The molecular formula is C21H38N2O2. The number of likely N-dealkylation sites (tertiary alicyclic amines) is 1. The molecule has 144 valence electrons. The molecule has 25 heavy (non-hydrogen) atoms. The molecule has 1 amide bonds. The number of ether oxygens (including phenoxy) is 1. The van der Waals surface area contributed by atoms with Gasteiger partial charge in [-0.2, -0.15) is 0 Å². The molecule has 0 radical (unpaired) electrons. The van der Waals surface area contributed by atoms with Gasteiger partial charge in [0.15, 0.2) is 0 Å². The molecule has 4 heteroatoms. The summed E-state index contributed by atoms with van der Waals surface area (Å²) in [5.41, 5.74) is 0.422. The van der Waals surface area contributed by atoms with Gasteiger partial charge in [-0.15, -0.1) is 0 Å². The van der Waals surface area contributed by atoms with Gasteiger partial charge in [0.1, 0.15) is 5.60 Å². The minimum Gasteiger partial charge on any atom is -0.444 e. The maximum Gasteiger partial charge on any atom is 0.410 e. The summed E-state index contributed by atoms with van der Waals surface area (Å²) in [6.07, 6.45) is 6.03. The molecule has 3 aliphatic rings. The molecule has 0 spiro atoms. The fourth-order valence-electron chi connectivity index (χ4n) is 5.87. The Kier molecular flexibility index (Phi) is 4.67. The summed E-state index contributed by atoms with van der Waals surface area (Å²) in [5, 5.41) is 4.04. The highest BCUT2D eigenvalue weighted by Gasteiger charge is 2.59. The number of nitrogens with one attached hydrogen (secondary N) is 1. The molecule has 2 aliphatic carbocycles. The largest absolute Gasteiger partial charge is 0.444 e. The van der Waals surface area contributed by atoms with Crippen molar-refractivity contribution in [1.29, 1.82) is 0 Å². The zero-order valence-electron chi connectivity index (χ0n) is 17.3. The zero-order valence-corrected chi connectivity index (χ0v) is 17.3. The highest BCUT2D eigenvalue weighted by atomic mass is 16.6. The first-order valence-corrected chi connectivity index (χ1v) is 10.2. The quantitative estimate of drug-likeness (QED) is 0.792. The Morgan fingerprint density at radius 3 is 2.40 bits per heavy atom. The molecule has 0 aromatic rings. The normalized spacial score (nSPS) is 40.4. The first-order valence-electron chi connectivity index (χ1n) is 10.2. The van der Waals surface area contributed by atoms with Crippen molar-refractivity contribution < 1.29 is 9.53 Å². The van der Waals surface area contributed by atoms with Crippen LogP contribution in [0.15, 0.2) is 0 Å². The molecule has 0 aromatic heterocycles. The van der Waals surface area contributed by atoms with E-state index in [0.717, 1.165) is 25.3 Å². The monoisotopic (exact) mass is 350 g/mol. The van der Waals surface area contributed by atoms with Gasteiger partial charge in [0.05, 0.1) is 0 Å². The number of hydrogen-bond acceptors (Lipinski definition) is 3. The molecule has 1 N–H and O–H groups in total. The van der Waals surface area contributed by atoms with Gasteiger partial charge in [0.25, 0.3) is 0 Å². The second-order valence-electron chi connectivity index (χ2n) is 10.8. The van der Waals surface area contributed by atoms with E-state index in [1.807, 2.05) is 25.7 Å². The van der Waals surface area contributed by atoms with Crippen LogP contribution in [0.2, 0.25) is 0 Å². The minimum atomic E-state index is -0.423. The summed E-state index contributed by atoms with van der Waals surface area (Å²) in [6, 6.07) is 1.34. The van der Waals surface area contributed by atoms with Crippen LogP contribution in [0.25, 0.3) is 0 Å². The van der Waals surface area contributed by atoms with E-state index in [1.165, 1.54) is 19.3 Å². The number of nitrogens with zero attached hydrogens (tertiary/aromatic N) is 1. The van der Waals surface area contributed by atoms with Gasteiger partial charge >= 0.3 is 6.09 Å². The summed E-state index contributed by atoms with van der Waals surface area (Å²) in [4.78, 5) is 14.3. The second-order valence-corrected chi connectivity index (χ2v) is 10.8. The van der Waals surface area contributed by atoms with E-state index in [-0.39, 0.29) is 12.1 Å². The van der Waals surface area contributed by atoms with Gasteiger partial charge < -0.3 is 15.0 Å². The first-order chi connectivity index (χ1) is 11.4. The lowest BCUT2D eigenvalue weighted by atomic mass is 9.68. The maximum atomic E-state index is 12.4. The molecule has 5 atom stereocenters. The number of amides is 1. The molecule has 3 rings (SSSR count). The highest BCUT2D eigenvalue weighted by molar-refractivity contribution is 5.68. The molecule has 1 saturated heterocycles. The fraction of sp³-hybridized carbons (Fsp3) is 0.952. The van der Waals surface area contributed by atoms with Crippen molar-refractivity contribution in [2.75, 3.05) is 6.54 Å². The van der Waals surface area contributed by atoms with Gasteiger partial charge in [-0.25, -0.2) is 4.79 Å². The van der Waals surface area contributed by atoms with Crippen molar-refractivity contribution >= 4 is 6.09 Å². The van der Waals surface area contributed by atoms with E-state index in [9.17, 15) is 4.79 Å². The van der Waals surface area contributed by atoms with Crippen LogP contribution >= 0.6 is 0 Å². The van der Waals surface area contributed by atoms with Gasteiger partial charge in [0, 0.05) is 24.7 Å². The van der Waals surface area contributed by atoms with E-state index >= 15 is 0 Å². The third kappa shape index (κ3) is 3.56. The van der Waals surface area contributed by atoms with Crippen LogP contribution in [0.1, 0.15) is 80.6 Å². The van der Waals surface area contributed by atoms with Gasteiger partial charge in [0.2, 0.25) is 0 Å². The first kappa shape index (κ1) is 19.0. The lowest BCUT2D eigenvalue weighted by Crippen LogP contribution is -2.58. The summed E-state index contributed by atoms with van der Waals surface area (Å²) in [7, 11) is 0. The van der Waals surface area contributed by atoms with E-state index in [4.69, 9.17) is 4.74 Å². The van der Waals surface area contributed by atoms with Crippen molar-refractivity contribution in [3.63, 3.8) is 0 Å². The standard InChI is InChI=1S/C21H38N2O2/c1-14-12-16(9-11-23(14)18(24)25-19(2,3)4)22-17-20(5,6)15-8-10-21(17,7)13-15/h14-17,22H,8-13H2,1-7H3/t14?,15-,16?,17?,21+/m0/s1. The predicted molar refractivity (Wildman–Crippen MR) is 102 cm³/mol. The van der Waals surface area contributed by atoms with Gasteiger partial charge in [-0.1, -0.05) is 20.8 Å². The van der Waals surface area contributed by atoms with Crippen LogP contribution < -0.4 is 5.32 Å². The van der Waals surface area contributed by atoms with E-state index in [2.05, 4.69) is 33.0 Å². The predicted octanol–water partition coefficient (Wildman–Crippen LogP) is 4.58. The van der Waals surface area contributed by atoms with Crippen LogP contribution in [0.5, 0.6) is 0 Å². The lowest BCUT2D eigenvalue weighted by molar-refractivity contribution is 0.00599. The number of piperidine rings is 1. The van der Waals surface area contributed by atoms with Crippen molar-refractivity contribution in [3.05, 3.63) is 0 Å². The summed E-state index contributed by atoms with van der Waals surface area (Å²) in [6.45, 7) is 16.1. The number of rotatable bonds is 2. The molecule has 1 heterocycles. The topological polar surface area (TPSA) is 41.6 Å². The molecule has 4 nitrogen and oxygen atoms in total. The molecule has 2 saturated carbocycles. The van der Waals surface area contributed by atoms with E-state index in [0.29, 0.717) is 22.9 Å². The van der Waals surface area contributed by atoms with E-state index < -0.39 is 5.60 Å². The summed E-state index contributed by atoms with van der Waals surface area (Å²) in [5.74, 6) is 0.870. The molecule has 1 aliphatic heterocycles. The Balaban J connectivity index is 1.60. The van der Waals surface area contributed by atoms with Crippen molar-refractivity contribution in [2.24, 2.45) is 16.7 Å². The molecule has 2 bridgehead atoms. The highest BCUT2D eigenvalue weighted by Crippen LogP contribution is 2.62. The lowest BCUT2D eigenvalue weighted by Gasteiger charge is -2.47. The van der Waals surface area contributed by atoms with E-state index in [1.54, 1.807) is 0 Å². The molecule has 0 aromatic carbocycles. The maximum absolute atomic E-state index is 12.4. The SMILES string of the molecule is CC1CC(NC2C(C)(C)[C@H]3CC[C@]2(C)C3)CCN1C(=O)OC(C)(C)C. The fourth-order valence-corrected chi connectivity index (χ4v) is 5.87. The number of carbonyl (C=O) groups is 1. The Bertz CT molecular complexity index is 520. The van der Waals surface area contributed by atoms with Crippen LogP contribution in [0, 0.1) is 16.7 Å². The third-order valence-corrected chi connectivity index (χ3v) is 7.18. The van der Waals surface area contributed by atoms with Crippen LogP contribution in [0.3, 0.4) is 0 Å². The minimum absolute atomic E-state index is 0.161. The van der Waals surface area contributed by atoms with Crippen LogP contribution in [-0.2, 0) is 4.74 Å². The summed E-state index contributed by atoms with van der Waals surface area (Å²) >= 11 is 0. The van der Waals surface area contributed by atoms with Crippen LogP contribution in [-0.4, -0.2) is 41.3 Å². The number of carbonyl (C=O) groups excluding carboxylic acids is 1. The van der Waals surface area contributed by atoms with Gasteiger partial charge in [-0.05, 0) is 76.5 Å². The van der Waals surface area contributed by atoms with Crippen molar-refractivity contribution in [2.45, 2.75) is 104 Å². The Hall–Kier alpha value is -0.770. The van der Waals surface area contributed by atoms with Gasteiger partial charge in [-0.3, -0.25) is 0 Å². The number of fused-ring (bicyclic) bond motifs is 2. The van der Waals surface area contributed by atoms with Crippen molar-refractivity contribution in [1.82, 2.24) is 10.2 Å².